The maximum Gasteiger partial charge on any atom is 0.407 e. The smallest absolute Gasteiger partial charge is 0.407 e. The number of hydrogen-bond acceptors (Lipinski definition) is 15. The molecular weight excluding hydrogens is 1410 g/mol. The molecule has 5 heterocycles. The first-order chi connectivity index (χ1) is 52.2. The van der Waals surface area contributed by atoms with Crippen LogP contribution in [0.5, 0.6) is 23.0 Å². The van der Waals surface area contributed by atoms with Crippen molar-refractivity contribution in [1.29, 1.82) is 0 Å². The summed E-state index contributed by atoms with van der Waals surface area (Å²) in [5.41, 5.74) is 11.6. The molecule has 6 aromatic carbocycles. The van der Waals surface area contributed by atoms with Crippen molar-refractivity contribution in [2.75, 3.05) is 90.9 Å². The zero-order chi connectivity index (χ0) is 77.4. The van der Waals surface area contributed by atoms with Crippen LogP contribution in [-0.4, -0.2) is 171 Å². The number of allylic oxidation sites excluding steroid dienone is 1. The van der Waals surface area contributed by atoms with Crippen molar-refractivity contribution < 1.29 is 66.7 Å². The minimum absolute atomic E-state index is 0.00789. The number of alkyl carbamates (subject to hydrolysis) is 1. The fourth-order valence-corrected chi connectivity index (χ4v) is 16.5. The number of carbonyl (C=O) groups excluding carboxylic acids is 7. The molecule has 0 aromatic heterocycles. The third-order valence-corrected chi connectivity index (χ3v) is 24.9. The molecule has 5 amide bonds. The third-order valence-electron chi connectivity index (χ3n) is 21.5. The number of methoxy groups -OCH3 is 2. The second-order valence-corrected chi connectivity index (χ2v) is 43.4. The Labute approximate surface area is 642 Å². The van der Waals surface area contributed by atoms with Crippen molar-refractivity contribution in [2.45, 2.75) is 141 Å². The summed E-state index contributed by atoms with van der Waals surface area (Å²) in [5, 5.41) is 5.75. The molecule has 0 bridgehead atoms. The summed E-state index contributed by atoms with van der Waals surface area (Å²) in [6, 6.07) is 38.1. The first-order valence-electron chi connectivity index (χ1n) is 38.2. The van der Waals surface area contributed by atoms with Gasteiger partial charge in [-0.3, -0.25) is 33.7 Å². The molecule has 1 unspecified atom stereocenters. The number of ether oxygens (including phenoxy) is 7. The molecule has 20 nitrogen and oxygen atoms in total. The zero-order valence-electron chi connectivity index (χ0n) is 65.0. The van der Waals surface area contributed by atoms with Gasteiger partial charge in [0, 0.05) is 85.1 Å². The summed E-state index contributed by atoms with van der Waals surface area (Å²) in [6.45, 7) is 22.5. The van der Waals surface area contributed by atoms with E-state index in [0.29, 0.717) is 77.3 Å². The summed E-state index contributed by atoms with van der Waals surface area (Å²) in [5.74, 6) is -0.963. The van der Waals surface area contributed by atoms with Crippen LogP contribution in [0.1, 0.15) is 125 Å². The van der Waals surface area contributed by atoms with E-state index in [2.05, 4.69) is 98.3 Å². The number of fused-ring (bicyclic) bond motifs is 7. The molecule has 1 fully saturated rings. The van der Waals surface area contributed by atoms with Crippen LogP contribution in [0.15, 0.2) is 152 Å². The van der Waals surface area contributed by atoms with Crippen LogP contribution < -0.4 is 34.5 Å². The third kappa shape index (κ3) is 18.6. The Kier molecular flexibility index (Phi) is 24.9. The predicted molar refractivity (Wildman–Crippen MR) is 431 cm³/mol. The van der Waals surface area contributed by atoms with Gasteiger partial charge in [-0.15, -0.1) is 0 Å². The zero-order valence-corrected chi connectivity index (χ0v) is 67.0. The number of carbonyl (C=O) groups is 7. The van der Waals surface area contributed by atoms with Gasteiger partial charge >= 0.3 is 6.09 Å². The molecule has 109 heavy (non-hydrogen) atoms. The van der Waals surface area contributed by atoms with E-state index >= 15 is 4.79 Å². The van der Waals surface area contributed by atoms with Gasteiger partial charge in [0.2, 0.25) is 5.91 Å². The molecule has 0 spiro atoms. The molecule has 6 aliphatic rings. The normalized spacial score (nSPS) is 18.4. The quantitative estimate of drug-likeness (QED) is 0.0235. The van der Waals surface area contributed by atoms with E-state index in [4.69, 9.17) is 33.2 Å². The number of nitrogens with one attached hydrogen (secondary N) is 2. The van der Waals surface area contributed by atoms with Gasteiger partial charge < -0.3 is 58.5 Å². The second-order valence-electron chi connectivity index (χ2n) is 32.2. The lowest BCUT2D eigenvalue weighted by Gasteiger charge is -2.29. The Morgan fingerprint density at radius 2 is 1.17 bits per heavy atom. The average Bonchev–Trinajstić information content (AvgIpc) is 1.72. The van der Waals surface area contributed by atoms with Gasteiger partial charge in [-0.2, -0.15) is 0 Å². The lowest BCUT2D eigenvalue weighted by Crippen LogP contribution is -2.45. The number of amides is 5. The molecule has 22 heteroatoms. The number of hydrogen-bond donors (Lipinski definition) is 2. The Morgan fingerprint density at radius 1 is 0.624 bits per heavy atom. The highest BCUT2D eigenvalue weighted by Crippen LogP contribution is 2.47. The topological polar surface area (TPSA) is 221 Å². The first-order valence-corrected chi connectivity index (χ1v) is 45.6. The van der Waals surface area contributed by atoms with Gasteiger partial charge in [0.1, 0.15) is 25.4 Å². The minimum Gasteiger partial charge on any atom is -0.493 e. The van der Waals surface area contributed by atoms with E-state index in [-0.39, 0.29) is 98.4 Å². The van der Waals surface area contributed by atoms with E-state index in [9.17, 15) is 28.8 Å². The average molecular weight is 1510 g/mol. The molecule has 574 valence electrons. The van der Waals surface area contributed by atoms with Gasteiger partial charge in [-0.1, -0.05) is 157 Å². The molecule has 1 saturated heterocycles. The standard InChI is InChI=1S/C87H104N6O14Si2/c1-55(2)82(89-87(100)107-53-72-67-22-15-13-20-65(67)66-21-14-16-23-68(66)72)76(94)24-17-19-56(3)83(96)88-64-31-29-59(30-32-64)62-44-75-86(99)93(54-104-40-42-109(10,11)12)73-49-81(79(102-6)48-71(73)85(98)92(75)51-62)106-38-18-37-105-80-46-69-63(52-103-39-41-108(7,8)9)45-77(95)74-43-61(50-91(74)84(97)70(69)47-78(80)101-5)58-27-25-57(26-28-58)60-33-35-90(4)36-34-60/h13-17,19-23,25-32,45-51,55-56,60,72,74-75,82H,18,24,33-44,52-54H2,1-12H3,(H,88,96)(H,89,100)/b19-17+,63-45+/t56?,74-,75-,82-/m0/s1. The van der Waals surface area contributed by atoms with Crippen molar-refractivity contribution >= 4 is 85.5 Å². The van der Waals surface area contributed by atoms with Crippen molar-refractivity contribution in [3.63, 3.8) is 0 Å². The number of piperidine rings is 1. The van der Waals surface area contributed by atoms with Crippen LogP contribution >= 0.6 is 0 Å². The van der Waals surface area contributed by atoms with Gasteiger partial charge in [-0.05, 0) is 155 Å². The van der Waals surface area contributed by atoms with E-state index < -0.39 is 52.2 Å². The van der Waals surface area contributed by atoms with Crippen LogP contribution in [0.25, 0.3) is 27.8 Å². The maximum absolute atomic E-state index is 15.1. The predicted octanol–water partition coefficient (Wildman–Crippen LogP) is 15.5. The number of Topliss-reactive ketones (excluding diaryl/α,β-unsaturated/α-hetero) is 1. The molecule has 0 radical (unpaired) electrons. The maximum atomic E-state index is 15.1. The van der Waals surface area contributed by atoms with Crippen molar-refractivity contribution in [1.82, 2.24) is 20.0 Å². The SMILES string of the molecule is COc1cc2c(cc1OCCCOc1cc3c(cc1OC)C(=O)N1C=C(c4ccc(NC(=O)C(C)/C=C/CC(=O)[C@@H](NC(=O)OCC5c6ccccc6-c6ccccc65)C(C)C)cc4)C[C@H]1C(=O)N3COCC[Si](C)(C)C)/C(COCC[Si](C)(C)C)=C/C(=O)[C@@H]1CC(c3ccc(C4CCN(C)CC4)cc3)=CN1C2=O. The molecular formula is C87H104N6O14Si2. The van der Waals surface area contributed by atoms with Crippen molar-refractivity contribution in [3.05, 3.63) is 196 Å². The minimum atomic E-state index is -1.54. The lowest BCUT2D eigenvalue weighted by atomic mass is 9.88. The Morgan fingerprint density at radius 3 is 1.78 bits per heavy atom. The van der Waals surface area contributed by atoms with Crippen LogP contribution in [0, 0.1) is 11.8 Å². The van der Waals surface area contributed by atoms with E-state index in [1.165, 1.54) is 29.6 Å². The lowest BCUT2D eigenvalue weighted by molar-refractivity contribution is -0.123. The molecule has 0 saturated carbocycles. The Balaban J connectivity index is 0.688. The summed E-state index contributed by atoms with van der Waals surface area (Å²) in [4.78, 5) is 107. The highest BCUT2D eigenvalue weighted by atomic mass is 28.3. The van der Waals surface area contributed by atoms with Crippen molar-refractivity contribution in [2.24, 2.45) is 11.8 Å². The van der Waals surface area contributed by atoms with E-state index in [1.54, 1.807) is 72.6 Å². The van der Waals surface area contributed by atoms with E-state index in [0.717, 1.165) is 82.5 Å². The summed E-state index contributed by atoms with van der Waals surface area (Å²) >= 11 is 0. The van der Waals surface area contributed by atoms with Gasteiger partial charge in [0.05, 0.1) is 62.8 Å². The van der Waals surface area contributed by atoms with Gasteiger partial charge in [0.15, 0.2) is 34.6 Å². The van der Waals surface area contributed by atoms with Crippen LogP contribution in [0.2, 0.25) is 51.4 Å². The molecule has 5 aliphatic heterocycles. The number of likely N-dealkylation sites (tertiary alicyclic amines) is 1. The molecule has 12 rings (SSSR count). The number of nitrogens with zero attached hydrogens (tertiary/aromatic N) is 4. The summed E-state index contributed by atoms with van der Waals surface area (Å²) in [7, 11) is 2.17. The summed E-state index contributed by atoms with van der Waals surface area (Å²) in [6.07, 6.45) is 11.0. The Bertz CT molecular complexity index is 4480. The number of benzene rings is 6. The highest BCUT2D eigenvalue weighted by molar-refractivity contribution is 6.76. The fourth-order valence-electron chi connectivity index (χ4n) is 15.0. The molecule has 1 aliphatic carbocycles. The van der Waals surface area contributed by atoms with Crippen molar-refractivity contribution in [3.8, 4) is 34.1 Å². The van der Waals surface area contributed by atoms with Gasteiger partial charge in [-0.25, -0.2) is 4.79 Å². The number of ketones is 2. The molecule has 6 aromatic rings. The largest absolute Gasteiger partial charge is 0.493 e. The Hall–Kier alpha value is -9.72. The highest BCUT2D eigenvalue weighted by Gasteiger charge is 2.44. The van der Waals surface area contributed by atoms with Crippen LogP contribution in [0.4, 0.5) is 16.2 Å². The first kappa shape index (κ1) is 78.9. The van der Waals surface area contributed by atoms with Gasteiger partial charge in [0.25, 0.3) is 17.7 Å². The fraction of sp³-hybridized carbons (Fsp3) is 0.414. The molecule has 4 atom stereocenters. The number of anilines is 2. The monoisotopic (exact) mass is 1510 g/mol. The summed E-state index contributed by atoms with van der Waals surface area (Å²) < 4.78 is 43.2. The number of rotatable bonds is 31. The van der Waals surface area contributed by atoms with Crippen LogP contribution in [-0.2, 0) is 33.4 Å². The van der Waals surface area contributed by atoms with Crippen LogP contribution in [0.3, 0.4) is 0 Å². The molecule has 2 N–H and O–H groups in total. The van der Waals surface area contributed by atoms with E-state index in [1.807, 2.05) is 68.6 Å². The second kappa shape index (κ2) is 34.5.